The Bertz CT molecular complexity index is 596. The number of nitrogens with two attached hydrogens (primary N) is 2. The lowest BCUT2D eigenvalue weighted by molar-refractivity contribution is 0.911. The standard InChI is InChI=1S/C12H14N4.C2H6/c1-2-4-9-5-3-6-11-10(9)7-8-12(15-13)16(11)14;1-2/h2-3,5-8H,1,4,13-14H2;1-2H3/b15-12-;. The molecule has 0 saturated heterocycles. The second-order valence-corrected chi connectivity index (χ2v) is 3.53. The maximum absolute atomic E-state index is 5.91. The molecule has 0 unspecified atom stereocenters. The highest BCUT2D eigenvalue weighted by Crippen LogP contribution is 2.16. The molecule has 0 spiro atoms. The number of allylic oxidation sites excluding steroid dienone is 1. The van der Waals surface area contributed by atoms with Gasteiger partial charge in [0.05, 0.1) is 5.52 Å². The zero-order chi connectivity index (χ0) is 13.5. The third kappa shape index (κ3) is 2.53. The first-order valence-corrected chi connectivity index (χ1v) is 6.01. The minimum atomic E-state index is 0.545. The first-order chi connectivity index (χ1) is 8.77. The Hall–Kier alpha value is -2.23. The molecule has 2 rings (SSSR count). The lowest BCUT2D eigenvalue weighted by Crippen LogP contribution is -2.29. The smallest absolute Gasteiger partial charge is 0.170 e. The van der Waals surface area contributed by atoms with Crippen LogP contribution < -0.4 is 17.2 Å². The number of nitrogen functional groups attached to an aromatic ring is 1. The van der Waals surface area contributed by atoms with Gasteiger partial charge in [-0.2, -0.15) is 5.10 Å². The van der Waals surface area contributed by atoms with E-state index in [1.165, 1.54) is 10.2 Å². The zero-order valence-electron chi connectivity index (χ0n) is 10.9. The van der Waals surface area contributed by atoms with Crippen LogP contribution in [0.5, 0.6) is 0 Å². The molecule has 4 heteroatoms. The molecular weight excluding hydrogens is 224 g/mol. The van der Waals surface area contributed by atoms with Crippen LogP contribution in [0.3, 0.4) is 0 Å². The van der Waals surface area contributed by atoms with Crippen molar-refractivity contribution in [2.24, 2.45) is 10.9 Å². The predicted molar refractivity (Wildman–Crippen MR) is 77.1 cm³/mol. The Labute approximate surface area is 107 Å². The van der Waals surface area contributed by atoms with Crippen LogP contribution in [-0.2, 0) is 6.42 Å². The van der Waals surface area contributed by atoms with Gasteiger partial charge in [-0.25, -0.2) is 4.68 Å². The van der Waals surface area contributed by atoms with E-state index < -0.39 is 0 Å². The molecule has 0 bridgehead atoms. The molecule has 1 heterocycles. The molecule has 1 aromatic carbocycles. The molecule has 0 aliphatic carbocycles. The van der Waals surface area contributed by atoms with Crippen LogP contribution in [0.15, 0.2) is 48.1 Å². The molecule has 1 aromatic heterocycles. The summed E-state index contributed by atoms with van der Waals surface area (Å²) in [5.74, 6) is 11.2. The number of pyridine rings is 1. The summed E-state index contributed by atoms with van der Waals surface area (Å²) in [5.41, 5.74) is 2.64. The summed E-state index contributed by atoms with van der Waals surface area (Å²) in [6.45, 7) is 7.74. The van der Waals surface area contributed by atoms with E-state index in [1.54, 1.807) is 6.07 Å². The van der Waals surface area contributed by atoms with Crippen molar-refractivity contribution in [3.63, 3.8) is 0 Å². The predicted octanol–water partition coefficient (Wildman–Crippen LogP) is 1.88. The van der Waals surface area contributed by atoms with Crippen molar-refractivity contribution in [3.8, 4) is 0 Å². The summed E-state index contributed by atoms with van der Waals surface area (Å²) in [5, 5.41) is 4.71. The fraction of sp³-hybridized carbons (Fsp3) is 0.214. The highest BCUT2D eigenvalue weighted by Gasteiger charge is 2.02. The molecule has 2 aromatic rings. The van der Waals surface area contributed by atoms with Crippen molar-refractivity contribution in [3.05, 3.63) is 54.0 Å². The van der Waals surface area contributed by atoms with Crippen LogP contribution in [0, 0.1) is 0 Å². The van der Waals surface area contributed by atoms with Crippen molar-refractivity contribution < 1.29 is 0 Å². The molecule has 0 fully saturated rings. The van der Waals surface area contributed by atoms with Gasteiger partial charge in [0, 0.05) is 5.39 Å². The first-order valence-electron chi connectivity index (χ1n) is 6.01. The summed E-state index contributed by atoms with van der Waals surface area (Å²) in [4.78, 5) is 0. The minimum absolute atomic E-state index is 0.545. The zero-order valence-corrected chi connectivity index (χ0v) is 10.9. The van der Waals surface area contributed by atoms with Gasteiger partial charge in [0.25, 0.3) is 0 Å². The van der Waals surface area contributed by atoms with Gasteiger partial charge in [0.1, 0.15) is 0 Å². The minimum Gasteiger partial charge on any atom is -0.337 e. The molecule has 0 saturated carbocycles. The van der Waals surface area contributed by atoms with Gasteiger partial charge in [-0.05, 0) is 30.2 Å². The molecule has 18 heavy (non-hydrogen) atoms. The second kappa shape index (κ2) is 6.49. The molecule has 0 amide bonds. The van der Waals surface area contributed by atoms with E-state index in [-0.39, 0.29) is 0 Å². The van der Waals surface area contributed by atoms with Crippen molar-refractivity contribution in [1.29, 1.82) is 0 Å². The average Bonchev–Trinajstić information content (AvgIpc) is 2.43. The van der Waals surface area contributed by atoms with Crippen LogP contribution in [0.4, 0.5) is 0 Å². The molecule has 0 radical (unpaired) electrons. The fourth-order valence-electron chi connectivity index (χ4n) is 1.80. The molecular formula is C14H20N4. The highest BCUT2D eigenvalue weighted by molar-refractivity contribution is 5.82. The Morgan fingerprint density at radius 1 is 1.28 bits per heavy atom. The van der Waals surface area contributed by atoms with E-state index in [2.05, 4.69) is 17.7 Å². The van der Waals surface area contributed by atoms with Gasteiger partial charge in [-0.15, -0.1) is 6.58 Å². The normalized spacial score (nSPS) is 10.9. The van der Waals surface area contributed by atoms with E-state index in [4.69, 9.17) is 11.7 Å². The number of fused-ring (bicyclic) bond motifs is 1. The molecule has 0 atom stereocenters. The van der Waals surface area contributed by atoms with Gasteiger partial charge in [-0.1, -0.05) is 32.1 Å². The molecule has 0 aliphatic rings. The van der Waals surface area contributed by atoms with E-state index in [0.717, 1.165) is 17.3 Å². The van der Waals surface area contributed by atoms with Crippen LogP contribution in [0.2, 0.25) is 0 Å². The van der Waals surface area contributed by atoms with Gasteiger partial charge in [0.2, 0.25) is 0 Å². The number of hydrogen-bond donors (Lipinski definition) is 2. The summed E-state index contributed by atoms with van der Waals surface area (Å²) in [6.07, 6.45) is 2.69. The van der Waals surface area contributed by atoms with Crippen molar-refractivity contribution in [2.75, 3.05) is 5.84 Å². The molecule has 4 nitrogen and oxygen atoms in total. The SMILES string of the molecule is C=CCc1cccc2c1cc/c(=N/N)n2N.CC. The Kier molecular flexibility index (Phi) is 4.99. The average molecular weight is 244 g/mol. The summed E-state index contributed by atoms with van der Waals surface area (Å²) in [7, 11) is 0. The number of nitrogens with zero attached hydrogens (tertiary/aromatic N) is 2. The highest BCUT2D eigenvalue weighted by atomic mass is 15.3. The second-order valence-electron chi connectivity index (χ2n) is 3.53. The largest absolute Gasteiger partial charge is 0.337 e. The molecule has 4 N–H and O–H groups in total. The lowest BCUT2D eigenvalue weighted by atomic mass is 10.1. The maximum atomic E-state index is 5.91. The van der Waals surface area contributed by atoms with Gasteiger partial charge >= 0.3 is 0 Å². The summed E-state index contributed by atoms with van der Waals surface area (Å²) in [6, 6.07) is 9.74. The fourth-order valence-corrected chi connectivity index (χ4v) is 1.80. The summed E-state index contributed by atoms with van der Waals surface area (Å²) < 4.78 is 1.49. The van der Waals surface area contributed by atoms with Crippen molar-refractivity contribution >= 4 is 10.9 Å². The van der Waals surface area contributed by atoms with E-state index in [0.29, 0.717) is 5.49 Å². The van der Waals surface area contributed by atoms with Gasteiger partial charge in [-0.3, -0.25) is 0 Å². The van der Waals surface area contributed by atoms with E-state index in [1.807, 2.05) is 38.1 Å². The van der Waals surface area contributed by atoms with Crippen LogP contribution in [0.25, 0.3) is 10.9 Å². The van der Waals surface area contributed by atoms with Crippen molar-refractivity contribution in [2.45, 2.75) is 20.3 Å². The third-order valence-electron chi connectivity index (χ3n) is 2.58. The summed E-state index contributed by atoms with van der Waals surface area (Å²) >= 11 is 0. The monoisotopic (exact) mass is 244 g/mol. The van der Waals surface area contributed by atoms with Crippen LogP contribution in [0.1, 0.15) is 19.4 Å². The van der Waals surface area contributed by atoms with E-state index in [9.17, 15) is 0 Å². The molecule has 96 valence electrons. The Balaban J connectivity index is 0.000000771. The lowest BCUT2D eigenvalue weighted by Gasteiger charge is -2.08. The topological polar surface area (TPSA) is 69.3 Å². The number of hydrogen-bond acceptors (Lipinski definition) is 3. The maximum Gasteiger partial charge on any atom is 0.170 e. The first kappa shape index (κ1) is 13.8. The number of benzene rings is 1. The van der Waals surface area contributed by atoms with Crippen LogP contribution in [-0.4, -0.2) is 4.68 Å². The van der Waals surface area contributed by atoms with Gasteiger partial charge in [0.15, 0.2) is 5.49 Å². The Morgan fingerprint density at radius 2 is 2.00 bits per heavy atom. The van der Waals surface area contributed by atoms with E-state index >= 15 is 0 Å². The van der Waals surface area contributed by atoms with Crippen LogP contribution >= 0.6 is 0 Å². The Morgan fingerprint density at radius 3 is 2.61 bits per heavy atom. The number of aromatic nitrogens is 1. The van der Waals surface area contributed by atoms with Crippen molar-refractivity contribution in [1.82, 2.24) is 4.68 Å². The number of rotatable bonds is 2. The third-order valence-corrected chi connectivity index (χ3v) is 2.58. The quantitative estimate of drug-likeness (QED) is 0.481. The molecule has 0 aliphatic heterocycles. The van der Waals surface area contributed by atoms with Gasteiger partial charge < -0.3 is 11.7 Å².